The molecule has 0 bridgehead atoms. The minimum atomic E-state index is -0.764. The van der Waals surface area contributed by atoms with Crippen molar-refractivity contribution in [1.29, 1.82) is 0 Å². The Morgan fingerprint density at radius 2 is 2.12 bits per heavy atom. The van der Waals surface area contributed by atoms with Gasteiger partial charge in [-0.2, -0.15) is 0 Å². The number of aromatic amines is 1. The van der Waals surface area contributed by atoms with Gasteiger partial charge in [0.2, 0.25) is 0 Å². The molecule has 1 heterocycles. The number of rotatable bonds is 3. The highest BCUT2D eigenvalue weighted by Gasteiger charge is 2.28. The SMILES string of the molecule is Cc1ccc2[nH]cc(CC(C)(C)C(=O)O)c2c1. The molecule has 0 aliphatic heterocycles. The lowest BCUT2D eigenvalue weighted by Gasteiger charge is -2.18. The molecule has 0 spiro atoms. The standard InChI is InChI=1S/C14H17NO2/c1-9-4-5-12-11(6-9)10(8-15-12)7-14(2,3)13(16)17/h4-6,8,15H,7H2,1-3H3,(H,16,17). The quantitative estimate of drug-likeness (QED) is 0.852. The molecule has 0 amide bonds. The second kappa shape index (κ2) is 3.91. The number of carboxylic acids is 1. The average Bonchev–Trinajstić information content (AvgIpc) is 2.60. The molecular formula is C14H17NO2. The third-order valence-corrected chi connectivity index (χ3v) is 3.13. The fraction of sp³-hybridized carbons (Fsp3) is 0.357. The first-order valence-electron chi connectivity index (χ1n) is 5.70. The second-order valence-corrected chi connectivity index (χ2v) is 5.23. The largest absolute Gasteiger partial charge is 0.481 e. The van der Waals surface area contributed by atoms with Gasteiger partial charge in [0, 0.05) is 17.1 Å². The number of benzene rings is 1. The molecule has 0 fully saturated rings. The number of fused-ring (bicyclic) bond motifs is 1. The summed E-state index contributed by atoms with van der Waals surface area (Å²) in [5.41, 5.74) is 2.58. The van der Waals surface area contributed by atoms with Crippen LogP contribution in [0.4, 0.5) is 0 Å². The predicted molar refractivity (Wildman–Crippen MR) is 68.2 cm³/mol. The number of nitrogens with one attached hydrogen (secondary N) is 1. The molecule has 0 radical (unpaired) electrons. The fourth-order valence-electron chi connectivity index (χ4n) is 1.99. The van der Waals surface area contributed by atoms with E-state index in [9.17, 15) is 4.79 Å². The van der Waals surface area contributed by atoms with E-state index >= 15 is 0 Å². The maximum absolute atomic E-state index is 11.1. The molecule has 1 aromatic carbocycles. The summed E-state index contributed by atoms with van der Waals surface area (Å²) in [5, 5.41) is 10.3. The molecule has 2 aromatic rings. The monoisotopic (exact) mass is 231 g/mol. The van der Waals surface area contributed by atoms with Crippen LogP contribution in [0, 0.1) is 12.3 Å². The molecular weight excluding hydrogens is 214 g/mol. The van der Waals surface area contributed by atoms with Crippen LogP contribution >= 0.6 is 0 Å². The van der Waals surface area contributed by atoms with Crippen LogP contribution in [0.3, 0.4) is 0 Å². The van der Waals surface area contributed by atoms with Crippen molar-refractivity contribution in [3.63, 3.8) is 0 Å². The van der Waals surface area contributed by atoms with Crippen molar-refractivity contribution < 1.29 is 9.90 Å². The van der Waals surface area contributed by atoms with Gasteiger partial charge < -0.3 is 10.1 Å². The zero-order valence-corrected chi connectivity index (χ0v) is 10.4. The van der Waals surface area contributed by atoms with Gasteiger partial charge in [-0.3, -0.25) is 4.79 Å². The average molecular weight is 231 g/mol. The molecule has 3 nitrogen and oxygen atoms in total. The molecule has 2 N–H and O–H groups in total. The molecule has 2 rings (SSSR count). The number of hydrogen-bond acceptors (Lipinski definition) is 1. The molecule has 0 aliphatic carbocycles. The van der Waals surface area contributed by atoms with E-state index in [0.29, 0.717) is 6.42 Å². The molecule has 1 aromatic heterocycles. The molecule has 17 heavy (non-hydrogen) atoms. The summed E-state index contributed by atoms with van der Waals surface area (Å²) in [5.74, 6) is -0.764. The zero-order chi connectivity index (χ0) is 12.6. The molecule has 0 saturated heterocycles. The smallest absolute Gasteiger partial charge is 0.309 e. The van der Waals surface area contributed by atoms with E-state index in [1.807, 2.05) is 25.3 Å². The number of hydrogen-bond donors (Lipinski definition) is 2. The first-order chi connectivity index (χ1) is 7.90. The topological polar surface area (TPSA) is 53.1 Å². The predicted octanol–water partition coefficient (Wildman–Crippen LogP) is 3.13. The normalized spacial score (nSPS) is 11.9. The van der Waals surface area contributed by atoms with Crippen molar-refractivity contribution >= 4 is 16.9 Å². The van der Waals surface area contributed by atoms with Crippen molar-refractivity contribution in [3.05, 3.63) is 35.5 Å². The molecule has 90 valence electrons. The summed E-state index contributed by atoms with van der Waals surface area (Å²) in [6.45, 7) is 5.55. The van der Waals surface area contributed by atoms with E-state index in [1.54, 1.807) is 13.8 Å². The van der Waals surface area contributed by atoms with Gasteiger partial charge in [-0.15, -0.1) is 0 Å². The van der Waals surface area contributed by atoms with Crippen molar-refractivity contribution in [1.82, 2.24) is 4.98 Å². The minimum Gasteiger partial charge on any atom is -0.481 e. The number of carbonyl (C=O) groups is 1. The molecule has 3 heteroatoms. The number of H-pyrrole nitrogens is 1. The van der Waals surface area contributed by atoms with Crippen LogP contribution in [0.15, 0.2) is 24.4 Å². The fourth-order valence-corrected chi connectivity index (χ4v) is 1.99. The van der Waals surface area contributed by atoms with E-state index < -0.39 is 11.4 Å². The van der Waals surface area contributed by atoms with Crippen molar-refractivity contribution in [2.75, 3.05) is 0 Å². The van der Waals surface area contributed by atoms with Gasteiger partial charge in [-0.05, 0) is 44.9 Å². The third kappa shape index (κ3) is 2.18. The third-order valence-electron chi connectivity index (χ3n) is 3.13. The second-order valence-electron chi connectivity index (χ2n) is 5.23. The summed E-state index contributed by atoms with van der Waals surface area (Å²) in [6.07, 6.45) is 2.45. The number of aliphatic carboxylic acids is 1. The van der Waals surface area contributed by atoms with E-state index in [0.717, 1.165) is 16.5 Å². The van der Waals surface area contributed by atoms with E-state index in [4.69, 9.17) is 5.11 Å². The highest BCUT2D eigenvalue weighted by molar-refractivity contribution is 5.85. The Balaban J connectivity index is 2.43. The zero-order valence-electron chi connectivity index (χ0n) is 10.4. The maximum Gasteiger partial charge on any atom is 0.309 e. The van der Waals surface area contributed by atoms with Crippen LogP contribution in [-0.4, -0.2) is 16.1 Å². The highest BCUT2D eigenvalue weighted by Crippen LogP contribution is 2.27. The van der Waals surface area contributed by atoms with Crippen LogP contribution in [0.2, 0.25) is 0 Å². The van der Waals surface area contributed by atoms with Gasteiger partial charge in [-0.25, -0.2) is 0 Å². The van der Waals surface area contributed by atoms with Gasteiger partial charge >= 0.3 is 5.97 Å². The van der Waals surface area contributed by atoms with Crippen molar-refractivity contribution in [2.24, 2.45) is 5.41 Å². The molecule has 0 aliphatic rings. The van der Waals surface area contributed by atoms with Crippen LogP contribution in [-0.2, 0) is 11.2 Å². The summed E-state index contributed by atoms with van der Waals surface area (Å²) < 4.78 is 0. The lowest BCUT2D eigenvalue weighted by Crippen LogP contribution is -2.26. The Kier molecular flexibility index (Phi) is 2.69. The summed E-state index contributed by atoms with van der Waals surface area (Å²) >= 11 is 0. The molecule has 0 atom stereocenters. The van der Waals surface area contributed by atoms with Gasteiger partial charge in [0.15, 0.2) is 0 Å². The number of aryl methyl sites for hydroxylation is 1. The summed E-state index contributed by atoms with van der Waals surface area (Å²) in [7, 11) is 0. The van der Waals surface area contributed by atoms with Gasteiger partial charge in [-0.1, -0.05) is 11.6 Å². The van der Waals surface area contributed by atoms with Gasteiger partial charge in [0.1, 0.15) is 0 Å². The lowest BCUT2D eigenvalue weighted by molar-refractivity contribution is -0.146. The van der Waals surface area contributed by atoms with Crippen LogP contribution in [0.1, 0.15) is 25.0 Å². The lowest BCUT2D eigenvalue weighted by atomic mass is 9.86. The van der Waals surface area contributed by atoms with E-state index in [1.165, 1.54) is 5.56 Å². The van der Waals surface area contributed by atoms with E-state index in [-0.39, 0.29) is 0 Å². The number of carboxylic acid groups (broad SMARTS) is 1. The Morgan fingerprint density at radius 3 is 2.76 bits per heavy atom. The van der Waals surface area contributed by atoms with Gasteiger partial charge in [0.25, 0.3) is 0 Å². The first kappa shape index (κ1) is 11.7. The number of aromatic nitrogens is 1. The Bertz CT molecular complexity index is 567. The summed E-state index contributed by atoms with van der Waals surface area (Å²) in [6, 6.07) is 6.17. The summed E-state index contributed by atoms with van der Waals surface area (Å²) in [4.78, 5) is 14.3. The van der Waals surface area contributed by atoms with Crippen molar-refractivity contribution in [3.8, 4) is 0 Å². The van der Waals surface area contributed by atoms with Crippen LogP contribution < -0.4 is 0 Å². The Morgan fingerprint density at radius 1 is 1.41 bits per heavy atom. The van der Waals surface area contributed by atoms with Crippen LogP contribution in [0.25, 0.3) is 10.9 Å². The van der Waals surface area contributed by atoms with Crippen molar-refractivity contribution in [2.45, 2.75) is 27.2 Å². The Hall–Kier alpha value is -1.77. The Labute approximate surface area is 100 Å². The molecule has 0 saturated carbocycles. The molecule has 0 unspecified atom stereocenters. The van der Waals surface area contributed by atoms with Gasteiger partial charge in [0.05, 0.1) is 5.41 Å². The minimum absolute atomic E-state index is 0.534. The maximum atomic E-state index is 11.1. The van der Waals surface area contributed by atoms with Crippen LogP contribution in [0.5, 0.6) is 0 Å². The highest BCUT2D eigenvalue weighted by atomic mass is 16.4. The van der Waals surface area contributed by atoms with E-state index in [2.05, 4.69) is 11.1 Å². The first-order valence-corrected chi connectivity index (χ1v) is 5.70.